The van der Waals surface area contributed by atoms with Gasteiger partial charge >= 0.3 is 0 Å². The van der Waals surface area contributed by atoms with Gasteiger partial charge in [-0.3, -0.25) is 4.98 Å². The van der Waals surface area contributed by atoms with Crippen LogP contribution in [0.1, 0.15) is 22.3 Å². The van der Waals surface area contributed by atoms with E-state index in [1.54, 1.807) is 0 Å². The van der Waals surface area contributed by atoms with Gasteiger partial charge in [-0.1, -0.05) is 23.8 Å². The monoisotopic (exact) mass is 368 g/mol. The number of hydrogen-bond acceptors (Lipinski definition) is 1. The molecule has 0 unspecified atom stereocenters. The van der Waals surface area contributed by atoms with Gasteiger partial charge in [-0.05, 0) is 62.6 Å². The Morgan fingerprint density at radius 1 is 0.857 bits per heavy atom. The van der Waals surface area contributed by atoms with E-state index < -0.39 is 0 Å². The third-order valence-electron chi connectivity index (χ3n) is 5.32. The maximum absolute atomic E-state index is 4.53. The summed E-state index contributed by atoms with van der Waals surface area (Å²) >= 11 is 0. The maximum atomic E-state index is 4.53. The number of rotatable bonds is 3. The fourth-order valence-corrected chi connectivity index (χ4v) is 4.09. The molecule has 3 aromatic heterocycles. The fourth-order valence-electron chi connectivity index (χ4n) is 4.09. The summed E-state index contributed by atoms with van der Waals surface area (Å²) in [5.41, 5.74) is 10.9. The molecule has 0 bridgehead atoms. The molecule has 0 amide bonds. The Hall–Kier alpha value is -3.20. The van der Waals surface area contributed by atoms with Crippen molar-refractivity contribution in [1.29, 1.82) is 0 Å². The molecule has 0 spiro atoms. The zero-order valence-electron chi connectivity index (χ0n) is 17.2. The number of aryl methyl sites for hydroxylation is 5. The molecule has 0 radical (unpaired) electrons. The Balaban J connectivity index is 1.94. The highest BCUT2D eigenvalue weighted by Crippen LogP contribution is 2.31. The van der Waals surface area contributed by atoms with Crippen LogP contribution < -0.4 is 4.57 Å². The van der Waals surface area contributed by atoms with Crippen molar-refractivity contribution in [1.82, 2.24) is 9.55 Å². The molecular weight excluding hydrogens is 342 g/mol. The summed E-state index contributed by atoms with van der Waals surface area (Å²) in [6.45, 7) is 8.72. The van der Waals surface area contributed by atoms with Gasteiger partial charge in [-0.25, -0.2) is 0 Å². The normalized spacial score (nSPS) is 11.0. The summed E-state index contributed by atoms with van der Waals surface area (Å²) in [7, 11) is 2.10. The first-order valence-corrected chi connectivity index (χ1v) is 9.63. The van der Waals surface area contributed by atoms with Crippen LogP contribution in [0.2, 0.25) is 0 Å². The van der Waals surface area contributed by atoms with Crippen LogP contribution in [-0.4, -0.2) is 9.55 Å². The van der Waals surface area contributed by atoms with Gasteiger partial charge in [0.05, 0.1) is 11.4 Å². The lowest BCUT2D eigenvalue weighted by molar-refractivity contribution is -0.660. The molecule has 0 aliphatic rings. The number of pyridine rings is 2. The number of benzene rings is 1. The molecule has 3 heteroatoms. The van der Waals surface area contributed by atoms with Crippen LogP contribution in [0.15, 0.2) is 67.1 Å². The average molecular weight is 369 g/mol. The van der Waals surface area contributed by atoms with Gasteiger partial charge in [0.2, 0.25) is 5.69 Å². The number of aromatic nitrogens is 3. The van der Waals surface area contributed by atoms with Gasteiger partial charge in [0.1, 0.15) is 12.7 Å². The third kappa shape index (κ3) is 3.13. The van der Waals surface area contributed by atoms with Crippen LogP contribution in [-0.2, 0) is 7.05 Å². The number of hydrogen-bond donors (Lipinski definition) is 0. The molecule has 3 heterocycles. The van der Waals surface area contributed by atoms with E-state index in [4.69, 9.17) is 0 Å². The SMILES string of the molecule is Cc1cc(C)c(-n2ccc(C)c2-c2cc(-c3ccccn3)cc[n+]2C)c(C)c1. The summed E-state index contributed by atoms with van der Waals surface area (Å²) in [5.74, 6) is 0. The molecule has 0 saturated heterocycles. The van der Waals surface area contributed by atoms with E-state index in [2.05, 4.69) is 97.7 Å². The first-order chi connectivity index (χ1) is 13.5. The molecule has 0 fully saturated rings. The lowest BCUT2D eigenvalue weighted by Gasteiger charge is -2.16. The molecule has 3 nitrogen and oxygen atoms in total. The first-order valence-electron chi connectivity index (χ1n) is 9.63. The minimum atomic E-state index is 0.989. The van der Waals surface area contributed by atoms with Crippen LogP contribution >= 0.6 is 0 Å². The lowest BCUT2D eigenvalue weighted by Crippen LogP contribution is -2.31. The van der Waals surface area contributed by atoms with Gasteiger partial charge in [0.15, 0.2) is 6.20 Å². The smallest absolute Gasteiger partial charge is 0.230 e. The zero-order valence-corrected chi connectivity index (χ0v) is 17.2. The summed E-state index contributed by atoms with van der Waals surface area (Å²) in [5, 5.41) is 0. The Labute approximate surface area is 166 Å². The zero-order chi connectivity index (χ0) is 19.8. The number of nitrogens with zero attached hydrogens (tertiary/aromatic N) is 3. The highest BCUT2D eigenvalue weighted by molar-refractivity contribution is 5.69. The molecule has 0 N–H and O–H groups in total. The highest BCUT2D eigenvalue weighted by Gasteiger charge is 2.21. The van der Waals surface area contributed by atoms with Crippen LogP contribution in [0, 0.1) is 27.7 Å². The third-order valence-corrected chi connectivity index (χ3v) is 5.32. The Bertz CT molecular complexity index is 1130. The van der Waals surface area contributed by atoms with Crippen LogP contribution in [0.25, 0.3) is 28.3 Å². The summed E-state index contributed by atoms with van der Waals surface area (Å²) in [6.07, 6.45) is 6.14. The van der Waals surface area contributed by atoms with E-state index in [9.17, 15) is 0 Å². The largest absolute Gasteiger partial charge is 0.311 e. The van der Waals surface area contributed by atoms with E-state index in [1.165, 1.54) is 39.3 Å². The van der Waals surface area contributed by atoms with Crippen LogP contribution in [0.3, 0.4) is 0 Å². The Morgan fingerprint density at radius 2 is 1.61 bits per heavy atom. The molecular formula is C25H26N3+. The van der Waals surface area contributed by atoms with Crippen molar-refractivity contribution in [3.63, 3.8) is 0 Å². The quantitative estimate of drug-likeness (QED) is 0.452. The minimum Gasteiger partial charge on any atom is -0.311 e. The second kappa shape index (κ2) is 7.08. The van der Waals surface area contributed by atoms with Gasteiger partial charge in [0, 0.05) is 30.1 Å². The molecule has 0 saturated carbocycles. The van der Waals surface area contributed by atoms with Crippen molar-refractivity contribution >= 4 is 0 Å². The second-order valence-corrected chi connectivity index (χ2v) is 7.59. The van der Waals surface area contributed by atoms with E-state index >= 15 is 0 Å². The molecule has 4 aromatic rings. The fraction of sp³-hybridized carbons (Fsp3) is 0.200. The van der Waals surface area contributed by atoms with E-state index in [-0.39, 0.29) is 0 Å². The van der Waals surface area contributed by atoms with Crippen LogP contribution in [0.4, 0.5) is 0 Å². The predicted octanol–water partition coefficient (Wildman–Crippen LogP) is 5.26. The summed E-state index contributed by atoms with van der Waals surface area (Å²) in [4.78, 5) is 4.53. The lowest BCUT2D eigenvalue weighted by atomic mass is 10.0. The minimum absolute atomic E-state index is 0.989. The summed E-state index contributed by atoms with van der Waals surface area (Å²) in [6, 6.07) is 17.1. The van der Waals surface area contributed by atoms with Crippen molar-refractivity contribution in [2.24, 2.45) is 7.05 Å². The molecule has 1 aromatic carbocycles. The van der Waals surface area contributed by atoms with Gasteiger partial charge < -0.3 is 4.57 Å². The van der Waals surface area contributed by atoms with E-state index in [0.29, 0.717) is 0 Å². The molecule has 28 heavy (non-hydrogen) atoms. The molecule has 140 valence electrons. The van der Waals surface area contributed by atoms with E-state index in [0.717, 1.165) is 11.3 Å². The first kappa shape index (κ1) is 18.2. The van der Waals surface area contributed by atoms with Crippen molar-refractivity contribution in [3.05, 3.63) is 89.4 Å². The Kier molecular flexibility index (Phi) is 4.60. The second-order valence-electron chi connectivity index (χ2n) is 7.59. The van der Waals surface area contributed by atoms with Crippen molar-refractivity contribution in [2.75, 3.05) is 0 Å². The van der Waals surface area contributed by atoms with Gasteiger partial charge in [-0.15, -0.1) is 0 Å². The predicted molar refractivity (Wildman–Crippen MR) is 115 cm³/mol. The standard InChI is InChI=1S/C25H26N3/c1-17-14-19(3)24(20(4)15-17)28-13-9-18(2)25(28)23-16-21(10-12-27(23)5)22-8-6-7-11-26-22/h6-16H,1-5H3/q+1. The Morgan fingerprint density at radius 3 is 2.29 bits per heavy atom. The van der Waals surface area contributed by atoms with Crippen molar-refractivity contribution < 1.29 is 4.57 Å². The molecule has 0 aliphatic carbocycles. The topological polar surface area (TPSA) is 21.7 Å². The van der Waals surface area contributed by atoms with Crippen LogP contribution in [0.5, 0.6) is 0 Å². The molecule has 4 rings (SSSR count). The molecule has 0 atom stereocenters. The highest BCUT2D eigenvalue weighted by atomic mass is 15.0. The summed E-state index contributed by atoms with van der Waals surface area (Å²) < 4.78 is 4.51. The van der Waals surface area contributed by atoms with Crippen molar-refractivity contribution in [3.8, 4) is 28.3 Å². The maximum Gasteiger partial charge on any atom is 0.230 e. The average Bonchev–Trinajstić information content (AvgIpc) is 3.03. The molecule has 0 aliphatic heterocycles. The van der Waals surface area contributed by atoms with Gasteiger partial charge in [-0.2, -0.15) is 4.57 Å². The van der Waals surface area contributed by atoms with Gasteiger partial charge in [0.25, 0.3) is 0 Å². The van der Waals surface area contributed by atoms with Crippen molar-refractivity contribution in [2.45, 2.75) is 27.7 Å². The van der Waals surface area contributed by atoms with E-state index in [1.807, 2.05) is 18.3 Å².